The number of halogens is 1. The molecule has 0 spiro atoms. The van der Waals surface area contributed by atoms with Gasteiger partial charge in [-0.2, -0.15) is 0 Å². The Hall–Kier alpha value is -3.23. The van der Waals surface area contributed by atoms with Gasteiger partial charge >= 0.3 is 6.03 Å². The van der Waals surface area contributed by atoms with Crippen molar-refractivity contribution in [2.45, 2.75) is 37.4 Å². The number of nitrogens with zero attached hydrogens (tertiary/aromatic N) is 3. The Morgan fingerprint density at radius 2 is 1.79 bits per heavy atom. The molecule has 2 aromatic carbocycles. The molecule has 0 unspecified atom stereocenters. The van der Waals surface area contributed by atoms with Gasteiger partial charge in [0, 0.05) is 24.2 Å². The van der Waals surface area contributed by atoms with Gasteiger partial charge < -0.3 is 15.0 Å². The number of imide groups is 1. The predicted molar refractivity (Wildman–Crippen MR) is 136 cm³/mol. The lowest BCUT2D eigenvalue weighted by Crippen LogP contribution is -2.43. The molecule has 1 saturated heterocycles. The zero-order valence-electron chi connectivity index (χ0n) is 19.1. The van der Waals surface area contributed by atoms with E-state index in [9.17, 15) is 9.59 Å². The molecular formula is C25H25ClN4O3S. The Balaban J connectivity index is 1.50. The summed E-state index contributed by atoms with van der Waals surface area (Å²) in [7, 11) is 1.63. The van der Waals surface area contributed by atoms with E-state index >= 15 is 0 Å². The van der Waals surface area contributed by atoms with Gasteiger partial charge in [0.2, 0.25) is 0 Å². The summed E-state index contributed by atoms with van der Waals surface area (Å²) in [6.07, 6.45) is 1.68. The monoisotopic (exact) mass is 496 g/mol. The number of thiol groups is 1. The molecule has 0 bridgehead atoms. The number of aromatic nitrogens is 1. The summed E-state index contributed by atoms with van der Waals surface area (Å²) < 4.78 is 5.19. The third-order valence-electron chi connectivity index (χ3n) is 5.81. The Morgan fingerprint density at radius 1 is 1.06 bits per heavy atom. The van der Waals surface area contributed by atoms with E-state index in [1.165, 1.54) is 4.90 Å². The highest BCUT2D eigenvalue weighted by atomic mass is 35.5. The molecule has 1 aliphatic heterocycles. The number of hydrogen-bond donors (Lipinski definition) is 2. The van der Waals surface area contributed by atoms with E-state index in [2.05, 4.69) is 22.9 Å². The summed E-state index contributed by atoms with van der Waals surface area (Å²) >= 11 is 10.4. The number of rotatable bonds is 7. The molecule has 1 fully saturated rings. The first-order valence-corrected chi connectivity index (χ1v) is 11.5. The first kappa shape index (κ1) is 23.9. The van der Waals surface area contributed by atoms with E-state index in [1.54, 1.807) is 50.3 Å². The molecule has 1 aliphatic rings. The maximum Gasteiger partial charge on any atom is 0.332 e. The maximum absolute atomic E-state index is 13.3. The summed E-state index contributed by atoms with van der Waals surface area (Å²) in [6.45, 7) is 4.33. The van der Waals surface area contributed by atoms with Crippen LogP contribution in [0.1, 0.15) is 25.0 Å². The smallest absolute Gasteiger partial charge is 0.332 e. The van der Waals surface area contributed by atoms with Crippen LogP contribution >= 0.6 is 24.2 Å². The van der Waals surface area contributed by atoms with Crippen LogP contribution in [0.15, 0.2) is 65.7 Å². The highest BCUT2D eigenvalue weighted by Gasteiger charge is 2.51. The number of benzene rings is 2. The second-order valence-electron chi connectivity index (χ2n) is 8.45. The molecule has 0 atom stereocenters. The molecule has 1 aromatic heterocycles. The molecule has 3 aromatic rings. The second kappa shape index (κ2) is 9.56. The van der Waals surface area contributed by atoms with Crippen molar-refractivity contribution in [2.24, 2.45) is 0 Å². The van der Waals surface area contributed by atoms with Crippen molar-refractivity contribution >= 4 is 47.7 Å². The fourth-order valence-electron chi connectivity index (χ4n) is 3.75. The summed E-state index contributed by atoms with van der Waals surface area (Å²) in [5, 5.41) is 3.67. The third-order valence-corrected chi connectivity index (χ3v) is 6.65. The Morgan fingerprint density at radius 3 is 2.47 bits per heavy atom. The molecule has 4 rings (SSSR count). The predicted octanol–water partition coefficient (Wildman–Crippen LogP) is 5.39. The fraction of sp³-hybridized carbons (Fsp3) is 0.240. The van der Waals surface area contributed by atoms with Gasteiger partial charge in [0.05, 0.1) is 17.8 Å². The quantitative estimate of drug-likeness (QED) is 0.339. The van der Waals surface area contributed by atoms with Crippen LogP contribution in [0.2, 0.25) is 5.02 Å². The second-order valence-corrected chi connectivity index (χ2v) is 9.34. The van der Waals surface area contributed by atoms with E-state index in [1.807, 2.05) is 36.4 Å². The van der Waals surface area contributed by atoms with Gasteiger partial charge in [-0.05, 0) is 67.4 Å². The van der Waals surface area contributed by atoms with Crippen LogP contribution in [0.4, 0.5) is 16.3 Å². The molecule has 176 valence electrons. The van der Waals surface area contributed by atoms with Crippen LogP contribution in [0.5, 0.6) is 5.75 Å². The van der Waals surface area contributed by atoms with Crippen molar-refractivity contribution in [3.05, 3.63) is 76.9 Å². The molecule has 2 heterocycles. The summed E-state index contributed by atoms with van der Waals surface area (Å²) in [6, 6.07) is 16.0. The van der Waals surface area contributed by atoms with E-state index in [4.69, 9.17) is 16.3 Å². The van der Waals surface area contributed by atoms with Crippen molar-refractivity contribution in [1.29, 1.82) is 0 Å². The van der Waals surface area contributed by atoms with E-state index in [0.717, 1.165) is 16.9 Å². The van der Waals surface area contributed by atoms with E-state index < -0.39 is 11.6 Å². The van der Waals surface area contributed by atoms with Gasteiger partial charge in [-0.25, -0.2) is 14.7 Å². The van der Waals surface area contributed by atoms with Crippen molar-refractivity contribution in [1.82, 2.24) is 9.88 Å². The number of anilines is 2. The van der Waals surface area contributed by atoms with Gasteiger partial charge in [0.1, 0.15) is 17.1 Å². The molecular weight excluding hydrogens is 472 g/mol. The maximum atomic E-state index is 13.3. The number of hydrogen-bond acceptors (Lipinski definition) is 6. The van der Waals surface area contributed by atoms with Crippen LogP contribution < -0.4 is 15.0 Å². The lowest BCUT2D eigenvalue weighted by molar-refractivity contribution is -0.123. The fourth-order valence-corrected chi connectivity index (χ4v) is 4.07. The zero-order valence-corrected chi connectivity index (χ0v) is 20.7. The molecule has 34 heavy (non-hydrogen) atoms. The lowest BCUT2D eigenvalue weighted by atomic mass is 10.0. The third kappa shape index (κ3) is 4.69. The lowest BCUT2D eigenvalue weighted by Gasteiger charge is -2.27. The molecule has 1 N–H and O–H groups in total. The van der Waals surface area contributed by atoms with Crippen LogP contribution in [0, 0.1) is 0 Å². The molecule has 0 aliphatic carbocycles. The summed E-state index contributed by atoms with van der Waals surface area (Å²) in [5.41, 5.74) is 1.33. The minimum absolute atomic E-state index is 0.256. The number of nitrogens with one attached hydrogen (secondary N) is 1. The molecule has 3 amide bonds. The number of amides is 3. The standard InChI is InChI=1S/C25H25ClN4O3S/c1-25(2)23(31)30(18-6-9-21(34)20(26)13-18)24(32)29(25)15-17-10-11-27-22(12-17)28-14-16-4-7-19(33-3)8-5-16/h4-13,34H,14-15H2,1-3H3,(H,27,28). The van der Waals surface area contributed by atoms with Gasteiger partial charge in [-0.15, -0.1) is 12.6 Å². The number of carbonyl (C=O) groups is 2. The highest BCUT2D eigenvalue weighted by molar-refractivity contribution is 7.80. The SMILES string of the molecule is COc1ccc(CNc2cc(CN3C(=O)N(c4ccc(S)c(Cl)c4)C(=O)C3(C)C)ccn2)cc1. The van der Waals surface area contributed by atoms with Crippen LogP contribution in [-0.2, 0) is 17.9 Å². The van der Waals surface area contributed by atoms with Crippen molar-refractivity contribution in [3.63, 3.8) is 0 Å². The minimum atomic E-state index is -1.02. The normalized spacial score (nSPS) is 15.1. The topological polar surface area (TPSA) is 74.8 Å². The average Bonchev–Trinajstić information content (AvgIpc) is 2.99. The largest absolute Gasteiger partial charge is 0.497 e. The molecule has 0 saturated carbocycles. The van der Waals surface area contributed by atoms with Crippen LogP contribution in [0.3, 0.4) is 0 Å². The van der Waals surface area contributed by atoms with Gasteiger partial charge in [-0.1, -0.05) is 23.7 Å². The van der Waals surface area contributed by atoms with Gasteiger partial charge in [0.15, 0.2) is 0 Å². The zero-order chi connectivity index (χ0) is 24.5. The average molecular weight is 497 g/mol. The highest BCUT2D eigenvalue weighted by Crippen LogP contribution is 2.35. The van der Waals surface area contributed by atoms with Crippen molar-refractivity contribution < 1.29 is 14.3 Å². The number of carbonyl (C=O) groups excluding carboxylic acids is 2. The van der Waals surface area contributed by atoms with Crippen molar-refractivity contribution in [3.8, 4) is 5.75 Å². The van der Waals surface area contributed by atoms with E-state index in [0.29, 0.717) is 28.0 Å². The first-order chi connectivity index (χ1) is 16.2. The first-order valence-electron chi connectivity index (χ1n) is 10.7. The Kier molecular flexibility index (Phi) is 6.72. The number of urea groups is 1. The minimum Gasteiger partial charge on any atom is -0.497 e. The van der Waals surface area contributed by atoms with E-state index in [-0.39, 0.29) is 12.5 Å². The number of pyridine rings is 1. The van der Waals surface area contributed by atoms with Crippen molar-refractivity contribution in [2.75, 3.05) is 17.3 Å². The van der Waals surface area contributed by atoms with Gasteiger partial charge in [-0.3, -0.25) is 4.79 Å². The number of methoxy groups -OCH3 is 1. The summed E-state index contributed by atoms with van der Waals surface area (Å²) in [4.78, 5) is 34.2. The van der Waals surface area contributed by atoms with Crippen LogP contribution in [0.25, 0.3) is 0 Å². The molecule has 0 radical (unpaired) electrons. The molecule has 9 heteroatoms. The Bertz CT molecular complexity index is 1230. The molecule has 7 nitrogen and oxygen atoms in total. The summed E-state index contributed by atoms with van der Waals surface area (Å²) in [5.74, 6) is 1.17. The Labute approximate surface area is 209 Å². The van der Waals surface area contributed by atoms with Crippen LogP contribution in [-0.4, -0.2) is 34.5 Å². The van der Waals surface area contributed by atoms with Gasteiger partial charge in [0.25, 0.3) is 5.91 Å². The number of ether oxygens (including phenoxy) is 1.